The Hall–Kier alpha value is -0.140. The molecular formula is C12H17Br3N4. The van der Waals surface area contributed by atoms with Gasteiger partial charge in [0.1, 0.15) is 0 Å². The molecule has 0 unspecified atom stereocenters. The standard InChI is InChI=1S/C7H11BrN2.C5H6Br2N2/c1-3-4-7-6(8)5-10(2)9-7;1-9-3-4(7)5(2-6)8-9/h5H,3-4H2,1-2H3;3H,2H2,1H3. The fourth-order valence-electron chi connectivity index (χ4n) is 1.51. The van der Waals surface area contributed by atoms with Gasteiger partial charge >= 0.3 is 0 Å². The third-order valence-electron chi connectivity index (χ3n) is 2.32. The van der Waals surface area contributed by atoms with E-state index in [0.717, 1.165) is 38.5 Å². The molecule has 0 radical (unpaired) electrons. The topological polar surface area (TPSA) is 35.6 Å². The summed E-state index contributed by atoms with van der Waals surface area (Å²) in [6, 6.07) is 0. The maximum Gasteiger partial charge on any atom is 0.0871 e. The first-order chi connectivity index (χ1) is 8.97. The normalized spacial score (nSPS) is 10.2. The summed E-state index contributed by atoms with van der Waals surface area (Å²) in [6.07, 6.45) is 6.11. The quantitative estimate of drug-likeness (QED) is 0.648. The van der Waals surface area contributed by atoms with Crippen molar-refractivity contribution in [3.63, 3.8) is 0 Å². The Kier molecular flexibility index (Phi) is 7.31. The molecule has 0 spiro atoms. The van der Waals surface area contributed by atoms with Crippen molar-refractivity contribution < 1.29 is 0 Å². The van der Waals surface area contributed by atoms with Crippen molar-refractivity contribution >= 4 is 47.8 Å². The zero-order valence-electron chi connectivity index (χ0n) is 11.2. The van der Waals surface area contributed by atoms with Crippen LogP contribution in [0.2, 0.25) is 0 Å². The molecule has 0 aliphatic carbocycles. The smallest absolute Gasteiger partial charge is 0.0871 e. The Morgan fingerprint density at radius 2 is 1.47 bits per heavy atom. The van der Waals surface area contributed by atoms with Crippen LogP contribution in [0.15, 0.2) is 21.3 Å². The van der Waals surface area contributed by atoms with Crippen LogP contribution >= 0.6 is 47.8 Å². The van der Waals surface area contributed by atoms with Crippen LogP contribution in [0.4, 0.5) is 0 Å². The molecule has 106 valence electrons. The highest BCUT2D eigenvalue weighted by molar-refractivity contribution is 9.11. The summed E-state index contributed by atoms with van der Waals surface area (Å²) in [4.78, 5) is 0. The summed E-state index contributed by atoms with van der Waals surface area (Å²) in [6.45, 7) is 2.15. The molecule has 2 rings (SSSR count). The molecule has 0 fully saturated rings. The molecule has 19 heavy (non-hydrogen) atoms. The molecule has 0 bridgehead atoms. The summed E-state index contributed by atoms with van der Waals surface area (Å²) in [5.74, 6) is 0. The molecule has 0 amide bonds. The zero-order chi connectivity index (χ0) is 14.4. The van der Waals surface area contributed by atoms with Crippen molar-refractivity contribution in [2.45, 2.75) is 25.1 Å². The van der Waals surface area contributed by atoms with Gasteiger partial charge in [0.25, 0.3) is 0 Å². The zero-order valence-corrected chi connectivity index (χ0v) is 16.0. The molecule has 2 aromatic rings. The van der Waals surface area contributed by atoms with Gasteiger partial charge in [0, 0.05) is 31.8 Å². The third kappa shape index (κ3) is 5.39. The van der Waals surface area contributed by atoms with Crippen LogP contribution in [0, 0.1) is 0 Å². The summed E-state index contributed by atoms with van der Waals surface area (Å²) >= 11 is 10.1. The molecule has 2 heterocycles. The fourth-order valence-corrected chi connectivity index (χ4v) is 3.39. The Morgan fingerprint density at radius 3 is 1.74 bits per heavy atom. The van der Waals surface area contributed by atoms with Gasteiger partial charge < -0.3 is 0 Å². The van der Waals surface area contributed by atoms with E-state index in [1.807, 2.05) is 31.2 Å². The molecule has 0 N–H and O–H groups in total. The van der Waals surface area contributed by atoms with Crippen molar-refractivity contribution in [2.75, 3.05) is 0 Å². The van der Waals surface area contributed by atoms with Gasteiger partial charge in [-0.25, -0.2) is 0 Å². The largest absolute Gasteiger partial charge is 0.274 e. The maximum atomic E-state index is 4.27. The summed E-state index contributed by atoms with van der Waals surface area (Å²) in [7, 11) is 3.83. The minimum Gasteiger partial charge on any atom is -0.274 e. The molecule has 0 saturated heterocycles. The number of aromatic nitrogens is 4. The van der Waals surface area contributed by atoms with E-state index in [4.69, 9.17) is 0 Å². The molecule has 0 aliphatic heterocycles. The second-order valence-electron chi connectivity index (χ2n) is 4.08. The van der Waals surface area contributed by atoms with E-state index in [1.165, 1.54) is 0 Å². The van der Waals surface area contributed by atoms with Crippen LogP contribution in [0.1, 0.15) is 24.7 Å². The number of aryl methyl sites for hydroxylation is 3. The lowest BCUT2D eigenvalue weighted by Gasteiger charge is -1.89. The second kappa shape index (κ2) is 8.21. The van der Waals surface area contributed by atoms with Crippen LogP contribution < -0.4 is 0 Å². The van der Waals surface area contributed by atoms with E-state index in [1.54, 1.807) is 4.68 Å². The van der Waals surface area contributed by atoms with Crippen LogP contribution in [-0.2, 0) is 25.8 Å². The Bertz CT molecular complexity index is 519. The van der Waals surface area contributed by atoms with Gasteiger partial charge in [0.15, 0.2) is 0 Å². The number of nitrogens with zero attached hydrogens (tertiary/aromatic N) is 4. The van der Waals surface area contributed by atoms with Gasteiger partial charge in [-0.05, 0) is 38.3 Å². The molecule has 0 saturated carbocycles. The molecular weight excluding hydrogens is 440 g/mol. The third-order valence-corrected chi connectivity index (χ3v) is 4.18. The van der Waals surface area contributed by atoms with Gasteiger partial charge in [-0.15, -0.1) is 0 Å². The summed E-state index contributed by atoms with van der Waals surface area (Å²) in [5.41, 5.74) is 2.20. The SMILES string of the molecule is CCCc1nn(C)cc1Br.Cn1cc(Br)c(CBr)n1. The van der Waals surface area contributed by atoms with E-state index in [0.29, 0.717) is 0 Å². The molecule has 0 atom stereocenters. The van der Waals surface area contributed by atoms with Crippen LogP contribution in [0.25, 0.3) is 0 Å². The number of hydrogen-bond acceptors (Lipinski definition) is 2. The average Bonchev–Trinajstić information content (AvgIpc) is 2.83. The second-order valence-corrected chi connectivity index (χ2v) is 6.35. The van der Waals surface area contributed by atoms with E-state index >= 15 is 0 Å². The van der Waals surface area contributed by atoms with E-state index in [2.05, 4.69) is 64.9 Å². The lowest BCUT2D eigenvalue weighted by Crippen LogP contribution is -1.90. The molecule has 7 heteroatoms. The van der Waals surface area contributed by atoms with E-state index in [-0.39, 0.29) is 0 Å². The molecule has 2 aromatic heterocycles. The van der Waals surface area contributed by atoms with Crippen molar-refractivity contribution in [1.29, 1.82) is 0 Å². The van der Waals surface area contributed by atoms with Crippen LogP contribution in [0.3, 0.4) is 0 Å². The highest BCUT2D eigenvalue weighted by atomic mass is 79.9. The minimum absolute atomic E-state index is 0.800. The number of rotatable bonds is 3. The predicted molar refractivity (Wildman–Crippen MR) is 88.4 cm³/mol. The van der Waals surface area contributed by atoms with Crippen LogP contribution in [0.5, 0.6) is 0 Å². The maximum absolute atomic E-state index is 4.27. The van der Waals surface area contributed by atoms with Crippen LogP contribution in [-0.4, -0.2) is 19.6 Å². The van der Waals surface area contributed by atoms with Crippen molar-refractivity contribution in [2.24, 2.45) is 14.1 Å². The van der Waals surface area contributed by atoms with Crippen molar-refractivity contribution in [1.82, 2.24) is 19.6 Å². The predicted octanol–water partition coefficient (Wildman–Crippen LogP) is 4.21. The van der Waals surface area contributed by atoms with Crippen molar-refractivity contribution in [3.05, 3.63) is 32.7 Å². The fraction of sp³-hybridized carbons (Fsp3) is 0.500. The van der Waals surface area contributed by atoms with Gasteiger partial charge in [-0.3, -0.25) is 9.36 Å². The highest BCUT2D eigenvalue weighted by Crippen LogP contribution is 2.16. The van der Waals surface area contributed by atoms with Gasteiger partial charge in [0.05, 0.1) is 20.3 Å². The first-order valence-corrected chi connectivity index (χ1v) is 8.60. The summed E-state index contributed by atoms with van der Waals surface area (Å²) in [5, 5.41) is 9.22. The number of alkyl halides is 1. The Labute approximate surface area is 139 Å². The minimum atomic E-state index is 0.800. The Morgan fingerprint density at radius 1 is 1.00 bits per heavy atom. The van der Waals surface area contributed by atoms with E-state index < -0.39 is 0 Å². The van der Waals surface area contributed by atoms with Crippen molar-refractivity contribution in [3.8, 4) is 0 Å². The van der Waals surface area contributed by atoms with Gasteiger partial charge in [0.2, 0.25) is 0 Å². The first kappa shape index (κ1) is 16.9. The van der Waals surface area contributed by atoms with Gasteiger partial charge in [-0.1, -0.05) is 29.3 Å². The first-order valence-electron chi connectivity index (χ1n) is 5.89. The van der Waals surface area contributed by atoms with Gasteiger partial charge in [-0.2, -0.15) is 10.2 Å². The number of hydrogen-bond donors (Lipinski definition) is 0. The lowest BCUT2D eigenvalue weighted by molar-refractivity contribution is 0.733. The Balaban J connectivity index is 0.000000191. The van der Waals surface area contributed by atoms with E-state index in [9.17, 15) is 0 Å². The number of halogens is 3. The molecule has 4 nitrogen and oxygen atoms in total. The molecule has 0 aliphatic rings. The monoisotopic (exact) mass is 454 g/mol. The summed E-state index contributed by atoms with van der Waals surface area (Å²) < 4.78 is 5.79. The highest BCUT2D eigenvalue weighted by Gasteiger charge is 2.01. The lowest BCUT2D eigenvalue weighted by atomic mass is 10.3. The average molecular weight is 457 g/mol. The molecule has 0 aromatic carbocycles.